The van der Waals surface area contributed by atoms with Gasteiger partial charge < -0.3 is 4.57 Å². The molecule has 80 valence electrons. The average Bonchev–Trinajstić information content (AvgIpc) is 2.90. The zero-order valence-corrected chi connectivity index (χ0v) is 10.7. The molecule has 3 rings (SSSR count). The predicted octanol–water partition coefficient (Wildman–Crippen LogP) is 3.30. The molecule has 0 radical (unpaired) electrons. The van der Waals surface area contributed by atoms with E-state index >= 15 is 0 Å². The molecule has 0 N–H and O–H groups in total. The van der Waals surface area contributed by atoms with Crippen molar-refractivity contribution in [2.75, 3.05) is 0 Å². The van der Waals surface area contributed by atoms with E-state index in [0.717, 1.165) is 16.7 Å². The summed E-state index contributed by atoms with van der Waals surface area (Å²) in [5, 5.41) is 1.22. The van der Waals surface area contributed by atoms with Gasteiger partial charge in [0.25, 0.3) is 0 Å². The van der Waals surface area contributed by atoms with Crippen LogP contribution in [0.3, 0.4) is 0 Å². The summed E-state index contributed by atoms with van der Waals surface area (Å²) in [4.78, 5) is 4.03. The van der Waals surface area contributed by atoms with Crippen LogP contribution in [-0.2, 0) is 6.54 Å². The third-order valence-electron chi connectivity index (χ3n) is 2.40. The number of aromatic nitrogens is 3. The fraction of sp³-hybridized carbons (Fsp3) is 0.0909. The fourth-order valence-electron chi connectivity index (χ4n) is 1.63. The Balaban J connectivity index is 2.07. The van der Waals surface area contributed by atoms with E-state index < -0.39 is 0 Å². The van der Waals surface area contributed by atoms with E-state index in [1.807, 2.05) is 23.2 Å². The number of benzene rings is 1. The Morgan fingerprint density at radius 1 is 1.38 bits per heavy atom. The molecule has 0 bridgehead atoms. The van der Waals surface area contributed by atoms with Gasteiger partial charge in [0.2, 0.25) is 0 Å². The van der Waals surface area contributed by atoms with Gasteiger partial charge in [0.1, 0.15) is 0 Å². The summed E-state index contributed by atoms with van der Waals surface area (Å²) in [7, 11) is 0. The van der Waals surface area contributed by atoms with Crippen LogP contribution in [0.1, 0.15) is 5.69 Å². The monoisotopic (exact) mass is 293 g/mol. The largest absolute Gasteiger partial charge is 0.331 e. The third kappa shape index (κ3) is 1.76. The molecule has 0 saturated carbocycles. The number of imidazole rings is 1. The molecule has 5 heteroatoms. The van der Waals surface area contributed by atoms with E-state index in [0.29, 0.717) is 0 Å². The van der Waals surface area contributed by atoms with E-state index in [9.17, 15) is 0 Å². The van der Waals surface area contributed by atoms with E-state index in [1.54, 1.807) is 6.20 Å². The minimum atomic E-state index is 0.774. The van der Waals surface area contributed by atoms with E-state index in [2.05, 4.69) is 37.4 Å². The molecule has 2 heterocycles. The van der Waals surface area contributed by atoms with Crippen LogP contribution < -0.4 is 0 Å². The maximum atomic E-state index is 4.48. The molecule has 2 aromatic heterocycles. The first-order chi connectivity index (χ1) is 7.83. The zero-order valence-electron chi connectivity index (χ0n) is 8.30. The van der Waals surface area contributed by atoms with Crippen molar-refractivity contribution in [1.29, 1.82) is 0 Å². The van der Waals surface area contributed by atoms with Crippen molar-refractivity contribution in [3.8, 4) is 0 Å². The standard InChI is InChI=1S/C11H8BrN3S/c12-8-1-2-11-9(5-8)10(14-16-11)6-15-4-3-13-7-15/h1-5,7H,6H2. The Morgan fingerprint density at radius 3 is 3.12 bits per heavy atom. The smallest absolute Gasteiger partial charge is 0.0949 e. The van der Waals surface area contributed by atoms with Gasteiger partial charge in [-0.25, -0.2) is 4.98 Å². The van der Waals surface area contributed by atoms with Gasteiger partial charge in [-0.1, -0.05) is 15.9 Å². The van der Waals surface area contributed by atoms with Crippen LogP contribution in [0.4, 0.5) is 0 Å². The lowest BCUT2D eigenvalue weighted by Gasteiger charge is -1.99. The van der Waals surface area contributed by atoms with Crippen LogP contribution in [-0.4, -0.2) is 13.9 Å². The maximum Gasteiger partial charge on any atom is 0.0949 e. The van der Waals surface area contributed by atoms with E-state index in [-0.39, 0.29) is 0 Å². The van der Waals surface area contributed by atoms with Crippen LogP contribution in [0, 0.1) is 0 Å². The van der Waals surface area contributed by atoms with Crippen molar-refractivity contribution in [2.45, 2.75) is 6.54 Å². The molecule has 0 saturated heterocycles. The van der Waals surface area contributed by atoms with Gasteiger partial charge in [0, 0.05) is 22.3 Å². The van der Waals surface area contributed by atoms with Crippen molar-refractivity contribution in [3.05, 3.63) is 47.1 Å². The zero-order chi connectivity index (χ0) is 11.0. The average molecular weight is 294 g/mol. The lowest BCUT2D eigenvalue weighted by Crippen LogP contribution is -1.96. The number of fused-ring (bicyclic) bond motifs is 1. The Labute approximate surface area is 105 Å². The molecule has 3 nitrogen and oxygen atoms in total. The normalized spacial score (nSPS) is 11.1. The van der Waals surface area contributed by atoms with Gasteiger partial charge in [-0.15, -0.1) is 0 Å². The van der Waals surface area contributed by atoms with Crippen molar-refractivity contribution < 1.29 is 0 Å². The number of hydrogen-bond donors (Lipinski definition) is 0. The topological polar surface area (TPSA) is 30.7 Å². The molecule has 0 unspecified atom stereocenters. The molecule has 0 fully saturated rings. The van der Waals surface area contributed by atoms with Crippen molar-refractivity contribution >= 4 is 37.5 Å². The molecular weight excluding hydrogens is 286 g/mol. The van der Waals surface area contributed by atoms with Gasteiger partial charge in [-0.05, 0) is 29.7 Å². The number of nitrogens with zero attached hydrogens (tertiary/aromatic N) is 3. The summed E-state index contributed by atoms with van der Waals surface area (Å²) < 4.78 is 8.82. The molecule has 3 aromatic rings. The van der Waals surface area contributed by atoms with Gasteiger partial charge in [0.05, 0.1) is 23.3 Å². The Morgan fingerprint density at radius 2 is 2.31 bits per heavy atom. The summed E-state index contributed by atoms with van der Waals surface area (Å²) in [5.74, 6) is 0. The third-order valence-corrected chi connectivity index (χ3v) is 3.76. The summed E-state index contributed by atoms with van der Waals surface area (Å²) in [5.41, 5.74) is 1.10. The SMILES string of the molecule is Brc1ccc2snc(Cn3ccnc3)c2c1. The Bertz CT molecular complexity index is 615. The molecule has 0 aliphatic rings. The van der Waals surface area contributed by atoms with Gasteiger partial charge >= 0.3 is 0 Å². The second kappa shape index (κ2) is 3.99. The molecule has 16 heavy (non-hydrogen) atoms. The second-order valence-electron chi connectivity index (χ2n) is 3.50. The highest BCUT2D eigenvalue weighted by atomic mass is 79.9. The summed E-state index contributed by atoms with van der Waals surface area (Å²) in [6.07, 6.45) is 5.54. The Hall–Kier alpha value is -1.20. The molecule has 0 aliphatic carbocycles. The van der Waals surface area contributed by atoms with Crippen LogP contribution in [0.25, 0.3) is 10.1 Å². The first kappa shape index (κ1) is 9.99. The second-order valence-corrected chi connectivity index (χ2v) is 5.23. The van der Waals surface area contributed by atoms with Crippen molar-refractivity contribution in [1.82, 2.24) is 13.9 Å². The van der Waals surface area contributed by atoms with Crippen molar-refractivity contribution in [3.63, 3.8) is 0 Å². The quantitative estimate of drug-likeness (QED) is 0.726. The molecule has 0 atom stereocenters. The first-order valence-electron chi connectivity index (χ1n) is 4.82. The van der Waals surface area contributed by atoms with Crippen LogP contribution in [0.2, 0.25) is 0 Å². The van der Waals surface area contributed by atoms with Gasteiger partial charge in [-0.3, -0.25) is 0 Å². The summed E-state index contributed by atoms with van der Waals surface area (Å²) >= 11 is 5.03. The maximum absolute atomic E-state index is 4.48. The summed E-state index contributed by atoms with van der Waals surface area (Å²) in [6.45, 7) is 0.774. The minimum Gasteiger partial charge on any atom is -0.331 e. The van der Waals surface area contributed by atoms with Gasteiger partial charge in [-0.2, -0.15) is 4.37 Å². The molecule has 0 amide bonds. The van der Waals surface area contributed by atoms with Crippen LogP contribution in [0.5, 0.6) is 0 Å². The lowest BCUT2D eigenvalue weighted by atomic mass is 10.2. The highest BCUT2D eigenvalue weighted by molar-refractivity contribution is 9.10. The van der Waals surface area contributed by atoms with E-state index in [4.69, 9.17) is 0 Å². The minimum absolute atomic E-state index is 0.774. The highest BCUT2D eigenvalue weighted by Crippen LogP contribution is 2.26. The number of halogens is 1. The number of hydrogen-bond acceptors (Lipinski definition) is 3. The number of rotatable bonds is 2. The summed E-state index contributed by atoms with van der Waals surface area (Å²) in [6, 6.07) is 6.25. The van der Waals surface area contributed by atoms with Crippen LogP contribution >= 0.6 is 27.5 Å². The molecule has 0 spiro atoms. The predicted molar refractivity (Wildman–Crippen MR) is 68.6 cm³/mol. The molecular formula is C11H8BrN3S. The molecule has 0 aliphatic heterocycles. The van der Waals surface area contributed by atoms with Crippen LogP contribution in [0.15, 0.2) is 41.4 Å². The highest BCUT2D eigenvalue weighted by Gasteiger charge is 2.06. The molecule has 1 aromatic carbocycles. The fourth-order valence-corrected chi connectivity index (χ4v) is 2.76. The lowest BCUT2D eigenvalue weighted by molar-refractivity contribution is 0.788. The van der Waals surface area contributed by atoms with Crippen molar-refractivity contribution in [2.24, 2.45) is 0 Å². The Kier molecular flexibility index (Phi) is 2.49. The van der Waals surface area contributed by atoms with Gasteiger partial charge in [0.15, 0.2) is 0 Å². The van der Waals surface area contributed by atoms with E-state index in [1.165, 1.54) is 21.6 Å². The first-order valence-corrected chi connectivity index (χ1v) is 6.39.